The van der Waals surface area contributed by atoms with Gasteiger partial charge < -0.3 is 15.2 Å². The van der Waals surface area contributed by atoms with Crippen LogP contribution in [0.5, 0.6) is 0 Å². The van der Waals surface area contributed by atoms with Gasteiger partial charge in [0, 0.05) is 48.9 Å². The number of carbonyl (C=O) groups is 1. The van der Waals surface area contributed by atoms with Gasteiger partial charge in [0.25, 0.3) is 0 Å². The van der Waals surface area contributed by atoms with Crippen molar-refractivity contribution in [1.82, 2.24) is 24.2 Å². The molecular formula is C23H26N6O3S2. The lowest BCUT2D eigenvalue weighted by atomic mass is 10.1. The van der Waals surface area contributed by atoms with Gasteiger partial charge in [-0.2, -0.15) is 4.31 Å². The smallest absolute Gasteiger partial charge is 0.242 e. The first kappa shape index (κ1) is 24.0. The number of H-pyrrole nitrogens is 1. The molecule has 2 N–H and O–H groups in total. The molecule has 1 aromatic carbocycles. The van der Waals surface area contributed by atoms with Crippen molar-refractivity contribution in [2.75, 3.05) is 39.5 Å². The maximum absolute atomic E-state index is 12.9. The summed E-state index contributed by atoms with van der Waals surface area (Å²) in [6.45, 7) is 0.988. The van der Waals surface area contributed by atoms with Crippen molar-refractivity contribution in [3.05, 3.63) is 59.7 Å². The lowest BCUT2D eigenvalue weighted by Gasteiger charge is -2.19. The molecule has 0 aliphatic carbocycles. The van der Waals surface area contributed by atoms with Gasteiger partial charge in [0.05, 0.1) is 17.0 Å². The quantitative estimate of drug-likeness (QED) is 0.367. The van der Waals surface area contributed by atoms with E-state index in [-0.39, 0.29) is 17.2 Å². The predicted octanol–water partition coefficient (Wildman–Crippen LogP) is 3.05. The Balaban J connectivity index is 1.43. The third-order valence-electron chi connectivity index (χ3n) is 5.31. The van der Waals surface area contributed by atoms with Crippen molar-refractivity contribution < 1.29 is 13.2 Å². The Labute approximate surface area is 202 Å². The lowest BCUT2D eigenvalue weighted by Crippen LogP contribution is -2.33. The molecule has 34 heavy (non-hydrogen) atoms. The zero-order valence-electron chi connectivity index (χ0n) is 19.1. The third-order valence-corrected chi connectivity index (χ3v) is 7.92. The molecule has 4 aromatic rings. The Hall–Kier alpha value is -3.12. The summed E-state index contributed by atoms with van der Waals surface area (Å²) in [5, 5.41) is 6.12. The molecule has 178 valence electrons. The molecule has 0 spiro atoms. The highest BCUT2D eigenvalue weighted by molar-refractivity contribution is 7.89. The molecule has 0 saturated carbocycles. The summed E-state index contributed by atoms with van der Waals surface area (Å²) in [5.41, 5.74) is 3.04. The number of nitrogens with zero attached hydrogens (tertiary/aromatic N) is 4. The largest absolute Gasteiger partial charge is 0.345 e. The second kappa shape index (κ2) is 10.0. The van der Waals surface area contributed by atoms with Crippen LogP contribution < -0.4 is 5.32 Å². The molecule has 1 amide bonds. The second-order valence-corrected chi connectivity index (χ2v) is 11.0. The van der Waals surface area contributed by atoms with E-state index in [0.717, 1.165) is 22.3 Å². The number of hydrogen-bond acceptors (Lipinski definition) is 7. The van der Waals surface area contributed by atoms with Crippen LogP contribution in [0.4, 0.5) is 5.13 Å². The van der Waals surface area contributed by atoms with Gasteiger partial charge in [0.1, 0.15) is 5.65 Å². The van der Waals surface area contributed by atoms with E-state index in [1.807, 2.05) is 42.7 Å². The van der Waals surface area contributed by atoms with Gasteiger partial charge in [0.15, 0.2) is 5.13 Å². The highest BCUT2D eigenvalue weighted by Gasteiger charge is 2.21. The number of pyridine rings is 1. The Morgan fingerprint density at radius 2 is 1.97 bits per heavy atom. The number of nitrogens with one attached hydrogen (secondary N) is 2. The van der Waals surface area contributed by atoms with E-state index in [9.17, 15) is 13.2 Å². The fraction of sp³-hybridized carbons (Fsp3) is 0.261. The molecule has 3 heterocycles. The van der Waals surface area contributed by atoms with Crippen LogP contribution in [0, 0.1) is 0 Å². The van der Waals surface area contributed by atoms with Gasteiger partial charge in [0.2, 0.25) is 15.9 Å². The van der Waals surface area contributed by atoms with Gasteiger partial charge in [-0.3, -0.25) is 4.79 Å². The number of thiazole rings is 1. The molecule has 11 heteroatoms. The van der Waals surface area contributed by atoms with E-state index in [0.29, 0.717) is 23.8 Å². The zero-order chi connectivity index (χ0) is 24.3. The van der Waals surface area contributed by atoms with Crippen LogP contribution in [0.2, 0.25) is 0 Å². The van der Waals surface area contributed by atoms with Crippen LogP contribution in [0.25, 0.3) is 22.3 Å². The van der Waals surface area contributed by atoms with E-state index in [1.165, 1.54) is 15.6 Å². The lowest BCUT2D eigenvalue weighted by molar-refractivity contribution is -0.115. The van der Waals surface area contributed by atoms with Crippen LogP contribution >= 0.6 is 11.3 Å². The molecule has 0 bridgehead atoms. The first-order valence-corrected chi connectivity index (χ1v) is 12.9. The van der Waals surface area contributed by atoms with Crippen LogP contribution in [0.1, 0.15) is 5.56 Å². The van der Waals surface area contributed by atoms with Crippen molar-refractivity contribution in [3.63, 3.8) is 0 Å². The number of anilines is 1. The molecule has 0 atom stereocenters. The summed E-state index contributed by atoms with van der Waals surface area (Å²) in [7, 11) is 1.71. The number of aromatic nitrogens is 3. The minimum Gasteiger partial charge on any atom is -0.345 e. The average Bonchev–Trinajstić information content (AvgIpc) is 3.44. The second-order valence-electron chi connectivity index (χ2n) is 8.14. The van der Waals surface area contributed by atoms with E-state index in [2.05, 4.69) is 20.3 Å². The summed E-state index contributed by atoms with van der Waals surface area (Å²) in [4.78, 5) is 26.7. The molecule has 3 aromatic heterocycles. The first-order valence-electron chi connectivity index (χ1n) is 10.6. The van der Waals surface area contributed by atoms with Crippen LogP contribution in [-0.4, -0.2) is 72.7 Å². The molecule has 0 fully saturated rings. The summed E-state index contributed by atoms with van der Waals surface area (Å²) >= 11 is 1.33. The number of hydrogen-bond donors (Lipinski definition) is 2. The summed E-state index contributed by atoms with van der Waals surface area (Å²) in [6, 6.07) is 10.3. The first-order chi connectivity index (χ1) is 16.2. The van der Waals surface area contributed by atoms with E-state index in [4.69, 9.17) is 0 Å². The molecule has 4 rings (SSSR count). The molecule has 0 unspecified atom stereocenters. The number of aromatic amines is 1. The number of likely N-dealkylation sites (N-methyl/N-ethyl adjacent to an activating group) is 2. The van der Waals surface area contributed by atoms with Gasteiger partial charge >= 0.3 is 0 Å². The number of amides is 1. The molecule has 0 aliphatic heterocycles. The number of benzene rings is 1. The zero-order valence-corrected chi connectivity index (χ0v) is 20.8. The normalized spacial score (nSPS) is 12.0. The number of carbonyl (C=O) groups excluding carboxylic acids is 1. The van der Waals surface area contributed by atoms with Crippen molar-refractivity contribution in [2.45, 2.75) is 11.3 Å². The van der Waals surface area contributed by atoms with Crippen molar-refractivity contribution in [1.29, 1.82) is 0 Å². The Morgan fingerprint density at radius 1 is 1.15 bits per heavy atom. The number of rotatable bonds is 9. The molecule has 9 nitrogen and oxygen atoms in total. The Kier molecular flexibility index (Phi) is 7.08. The average molecular weight is 499 g/mol. The maximum Gasteiger partial charge on any atom is 0.242 e. The fourth-order valence-corrected chi connectivity index (χ4v) is 5.39. The summed E-state index contributed by atoms with van der Waals surface area (Å²) < 4.78 is 27.1. The van der Waals surface area contributed by atoms with Crippen LogP contribution in [0.3, 0.4) is 0 Å². The van der Waals surface area contributed by atoms with Crippen LogP contribution in [-0.2, 0) is 21.2 Å². The monoisotopic (exact) mass is 498 g/mol. The minimum absolute atomic E-state index is 0.0384. The number of sulfonamides is 1. The molecule has 0 saturated heterocycles. The third kappa shape index (κ3) is 5.33. The molecule has 0 radical (unpaired) electrons. The predicted molar refractivity (Wildman–Crippen MR) is 134 cm³/mol. The summed E-state index contributed by atoms with van der Waals surface area (Å²) in [6.07, 6.45) is 3.61. The topological polar surface area (TPSA) is 111 Å². The highest BCUT2D eigenvalue weighted by atomic mass is 32.2. The highest BCUT2D eigenvalue weighted by Crippen LogP contribution is 2.30. The standard InChI is InChI=1S/C23H26N6O3S2/c1-28(2)10-11-29(3)34(31,32)17-7-4-6-16(12-17)13-21(30)27-23-26-20(15-33-23)19-14-25-22-18(19)8-5-9-24-22/h4-9,12,14-15H,10-11,13H2,1-3H3,(H,24,25)(H,26,27,30). The van der Waals surface area contributed by atoms with Gasteiger partial charge in [-0.05, 0) is 43.9 Å². The van der Waals surface area contributed by atoms with Crippen molar-refractivity contribution >= 4 is 43.4 Å². The molecule has 0 aliphatic rings. The van der Waals surface area contributed by atoms with Crippen molar-refractivity contribution in [3.8, 4) is 11.3 Å². The molecular weight excluding hydrogens is 472 g/mol. The van der Waals surface area contributed by atoms with Gasteiger partial charge in [-0.15, -0.1) is 11.3 Å². The van der Waals surface area contributed by atoms with Crippen molar-refractivity contribution in [2.24, 2.45) is 0 Å². The summed E-state index contributed by atoms with van der Waals surface area (Å²) in [5.74, 6) is -0.267. The van der Waals surface area contributed by atoms with Gasteiger partial charge in [-0.25, -0.2) is 18.4 Å². The van der Waals surface area contributed by atoms with E-state index in [1.54, 1.807) is 37.5 Å². The van der Waals surface area contributed by atoms with Gasteiger partial charge in [-0.1, -0.05) is 12.1 Å². The number of fused-ring (bicyclic) bond motifs is 1. The SMILES string of the molecule is CN(C)CCN(C)S(=O)(=O)c1cccc(CC(=O)Nc2nc(-c3c[nH]c4ncccc34)cs2)c1. The fourth-order valence-electron chi connectivity index (χ4n) is 3.43. The van der Waals surface area contributed by atoms with Crippen LogP contribution in [0.15, 0.2) is 59.1 Å². The minimum atomic E-state index is -3.63. The van der Waals surface area contributed by atoms with E-state index >= 15 is 0 Å². The maximum atomic E-state index is 12.9. The Morgan fingerprint density at radius 3 is 2.76 bits per heavy atom. The Bertz CT molecular complexity index is 1410. The van der Waals surface area contributed by atoms with E-state index < -0.39 is 10.0 Å².